The van der Waals surface area contributed by atoms with Crippen LogP contribution < -0.4 is 0 Å². The second-order valence-electron chi connectivity index (χ2n) is 6.57. The molecule has 0 atom stereocenters. The van der Waals surface area contributed by atoms with Crippen molar-refractivity contribution in [2.24, 2.45) is 0 Å². The Morgan fingerprint density at radius 2 is 1.21 bits per heavy atom. The standard InChI is InChI=1S/C23H26O6/c1-4-5-6-7-16-21(26-28-22(24)19-14-10-8-12-17(19)2)27-29-23(25)20-15-11-9-13-18(20)3/h8-15H,1,4-7,16H2,2-3H3. The molecule has 0 N–H and O–H groups in total. The molecule has 2 aromatic carbocycles. The van der Waals surface area contributed by atoms with Crippen LogP contribution in [0.2, 0.25) is 0 Å². The van der Waals surface area contributed by atoms with E-state index in [1.807, 2.05) is 12.1 Å². The lowest BCUT2D eigenvalue weighted by atomic mass is 10.1. The topological polar surface area (TPSA) is 71.1 Å². The van der Waals surface area contributed by atoms with Gasteiger partial charge in [0.15, 0.2) is 0 Å². The highest BCUT2D eigenvalue weighted by molar-refractivity contribution is 5.91. The third-order valence-corrected chi connectivity index (χ3v) is 4.28. The molecule has 2 rings (SSSR count). The molecule has 0 heterocycles. The minimum Gasteiger partial charge on any atom is -0.289 e. The Balaban J connectivity index is 1.93. The van der Waals surface area contributed by atoms with Crippen molar-refractivity contribution in [3.63, 3.8) is 0 Å². The Hall–Kier alpha value is -2.70. The number of benzene rings is 2. The molecule has 0 saturated carbocycles. The third kappa shape index (κ3) is 7.33. The summed E-state index contributed by atoms with van der Waals surface area (Å²) in [6.45, 7) is 7.38. The number of rotatable bonds is 11. The van der Waals surface area contributed by atoms with Crippen molar-refractivity contribution in [1.29, 1.82) is 0 Å². The fourth-order valence-electron chi connectivity index (χ4n) is 2.58. The van der Waals surface area contributed by atoms with E-state index in [4.69, 9.17) is 19.6 Å². The molecule has 29 heavy (non-hydrogen) atoms. The smallest absolute Gasteiger partial charge is 0.289 e. The molecule has 0 amide bonds. The largest absolute Gasteiger partial charge is 0.373 e. The van der Waals surface area contributed by atoms with Gasteiger partial charge < -0.3 is 0 Å². The van der Waals surface area contributed by atoms with Crippen molar-refractivity contribution in [1.82, 2.24) is 0 Å². The van der Waals surface area contributed by atoms with Gasteiger partial charge in [-0.15, -0.1) is 9.78 Å². The molecule has 0 bridgehead atoms. The van der Waals surface area contributed by atoms with Gasteiger partial charge in [-0.3, -0.25) is 9.78 Å². The van der Waals surface area contributed by atoms with Crippen LogP contribution >= 0.6 is 0 Å². The quantitative estimate of drug-likeness (QED) is 0.285. The second-order valence-corrected chi connectivity index (χ2v) is 6.57. The predicted octanol–water partition coefficient (Wildman–Crippen LogP) is 5.45. The van der Waals surface area contributed by atoms with Gasteiger partial charge in [-0.1, -0.05) is 62.6 Å². The highest BCUT2D eigenvalue weighted by Crippen LogP contribution is 2.20. The molecular formula is C23H26O6. The fraction of sp³-hybridized carbons (Fsp3) is 0.304. The summed E-state index contributed by atoms with van der Waals surface area (Å²) in [5, 5.41) is 0. The summed E-state index contributed by atoms with van der Waals surface area (Å²) in [6, 6.07) is 14.0. The van der Waals surface area contributed by atoms with Crippen LogP contribution in [0.4, 0.5) is 0 Å². The van der Waals surface area contributed by atoms with Gasteiger partial charge >= 0.3 is 18.2 Å². The van der Waals surface area contributed by atoms with E-state index in [1.54, 1.807) is 50.2 Å². The highest BCUT2D eigenvalue weighted by Gasteiger charge is 2.22. The molecule has 2 aromatic rings. The van der Waals surface area contributed by atoms with Crippen molar-refractivity contribution in [3.8, 4) is 0 Å². The molecule has 154 valence electrons. The van der Waals surface area contributed by atoms with Crippen LogP contribution in [0.5, 0.6) is 0 Å². The zero-order valence-corrected chi connectivity index (χ0v) is 16.8. The lowest BCUT2D eigenvalue weighted by Crippen LogP contribution is -2.17. The van der Waals surface area contributed by atoms with Crippen molar-refractivity contribution in [2.45, 2.75) is 46.0 Å². The maximum atomic E-state index is 12.2. The first kappa shape index (κ1) is 22.6. The SMILES string of the molecule is [CH2]CCCCC[C](OOC(=O)c1ccccc1C)OOC(=O)c1ccccc1C. The number of carbonyl (C=O) groups excluding carboxylic acids is 2. The molecule has 0 fully saturated rings. The van der Waals surface area contributed by atoms with Crippen molar-refractivity contribution >= 4 is 11.9 Å². The van der Waals surface area contributed by atoms with Crippen LogP contribution in [0.1, 0.15) is 63.9 Å². The molecule has 0 aliphatic rings. The summed E-state index contributed by atoms with van der Waals surface area (Å²) in [5.41, 5.74) is 2.26. The van der Waals surface area contributed by atoms with Crippen LogP contribution in [0.3, 0.4) is 0 Å². The minimum absolute atomic E-state index is 0.0991. The summed E-state index contributed by atoms with van der Waals surface area (Å²) >= 11 is 0. The van der Waals surface area contributed by atoms with Gasteiger partial charge in [0, 0.05) is 6.42 Å². The van der Waals surface area contributed by atoms with Gasteiger partial charge in [0.1, 0.15) is 0 Å². The van der Waals surface area contributed by atoms with Crippen LogP contribution in [-0.2, 0) is 19.6 Å². The maximum absolute atomic E-state index is 12.2. The molecule has 6 heteroatoms. The summed E-state index contributed by atoms with van der Waals surface area (Å²) in [7, 11) is 0. The zero-order valence-electron chi connectivity index (χ0n) is 16.8. The number of carbonyl (C=O) groups is 2. The van der Waals surface area contributed by atoms with Gasteiger partial charge in [0.25, 0.3) is 0 Å². The van der Waals surface area contributed by atoms with Gasteiger partial charge in [0.05, 0.1) is 11.1 Å². The van der Waals surface area contributed by atoms with Gasteiger partial charge in [-0.2, -0.15) is 0 Å². The lowest BCUT2D eigenvalue weighted by Gasteiger charge is -2.14. The maximum Gasteiger partial charge on any atom is 0.373 e. The van der Waals surface area contributed by atoms with Gasteiger partial charge in [-0.05, 0) is 43.5 Å². The van der Waals surface area contributed by atoms with Gasteiger partial charge in [0.2, 0.25) is 0 Å². The van der Waals surface area contributed by atoms with E-state index in [1.165, 1.54) is 0 Å². The summed E-state index contributed by atoms with van der Waals surface area (Å²) < 4.78 is 0. The molecule has 0 aliphatic carbocycles. The molecule has 2 radical (unpaired) electrons. The minimum atomic E-state index is -0.660. The van der Waals surface area contributed by atoms with Crippen molar-refractivity contribution in [3.05, 3.63) is 84.0 Å². The average molecular weight is 398 g/mol. The van der Waals surface area contributed by atoms with E-state index >= 15 is 0 Å². The fourth-order valence-corrected chi connectivity index (χ4v) is 2.58. The normalized spacial score (nSPS) is 10.8. The summed E-state index contributed by atoms with van der Waals surface area (Å²) in [6.07, 6.45) is 3.56. The Morgan fingerprint density at radius 3 is 1.66 bits per heavy atom. The molecule has 0 saturated heterocycles. The summed E-state index contributed by atoms with van der Waals surface area (Å²) in [4.78, 5) is 44.3. The first-order valence-electron chi connectivity index (χ1n) is 9.57. The van der Waals surface area contributed by atoms with Crippen LogP contribution in [-0.4, -0.2) is 11.9 Å². The van der Waals surface area contributed by atoms with E-state index in [0.29, 0.717) is 24.0 Å². The van der Waals surface area contributed by atoms with E-state index in [0.717, 1.165) is 30.4 Å². The number of aryl methyl sites for hydroxylation is 2. The predicted molar refractivity (Wildman–Crippen MR) is 107 cm³/mol. The van der Waals surface area contributed by atoms with Crippen LogP contribution in [0, 0.1) is 27.1 Å². The third-order valence-electron chi connectivity index (χ3n) is 4.28. The summed E-state index contributed by atoms with van der Waals surface area (Å²) in [5.74, 6) is -1.32. The number of hydrogen-bond donors (Lipinski definition) is 0. The van der Waals surface area contributed by atoms with E-state index in [9.17, 15) is 9.59 Å². The number of hydrogen-bond acceptors (Lipinski definition) is 6. The first-order chi connectivity index (χ1) is 14.0. The average Bonchev–Trinajstić information content (AvgIpc) is 2.72. The molecular weight excluding hydrogens is 372 g/mol. The van der Waals surface area contributed by atoms with E-state index < -0.39 is 11.9 Å². The van der Waals surface area contributed by atoms with E-state index in [-0.39, 0.29) is 6.29 Å². The van der Waals surface area contributed by atoms with Crippen LogP contribution in [0.15, 0.2) is 48.5 Å². The lowest BCUT2D eigenvalue weighted by molar-refractivity contribution is -0.364. The molecule has 0 unspecified atom stereocenters. The molecule has 0 aliphatic heterocycles. The zero-order chi connectivity index (χ0) is 21.1. The van der Waals surface area contributed by atoms with Crippen LogP contribution in [0.25, 0.3) is 0 Å². The molecule has 0 aromatic heterocycles. The highest BCUT2D eigenvalue weighted by atomic mass is 17.3. The Labute approximate surface area is 171 Å². The Bertz CT molecular complexity index is 740. The number of unbranched alkanes of at least 4 members (excludes halogenated alkanes) is 3. The first-order valence-corrected chi connectivity index (χ1v) is 9.57. The van der Waals surface area contributed by atoms with Crippen molar-refractivity contribution in [2.75, 3.05) is 0 Å². The Kier molecular flexibility index (Phi) is 9.34. The second kappa shape index (κ2) is 12.0. The van der Waals surface area contributed by atoms with Gasteiger partial charge in [-0.25, -0.2) is 9.59 Å². The van der Waals surface area contributed by atoms with E-state index in [2.05, 4.69) is 6.92 Å². The molecule has 6 nitrogen and oxygen atoms in total. The van der Waals surface area contributed by atoms with Crippen molar-refractivity contribution < 1.29 is 29.1 Å². The molecule has 0 spiro atoms. The Morgan fingerprint density at radius 1 is 0.724 bits per heavy atom. The monoisotopic (exact) mass is 398 g/mol.